The summed E-state index contributed by atoms with van der Waals surface area (Å²) in [6.45, 7) is 3.64. The molecule has 0 radical (unpaired) electrons. The van der Waals surface area contributed by atoms with Crippen LogP contribution in [0, 0.1) is 0 Å². The van der Waals surface area contributed by atoms with Crippen LogP contribution in [0.4, 0.5) is 5.69 Å². The molecule has 0 bridgehead atoms. The van der Waals surface area contributed by atoms with Gasteiger partial charge in [-0.25, -0.2) is 5.43 Å². The first kappa shape index (κ1) is 17.2. The molecule has 2 amide bonds. The first-order valence-corrected chi connectivity index (χ1v) is 7.53. The Bertz CT molecular complexity index is 742. The maximum Gasteiger partial charge on any atom is 0.275 e. The lowest BCUT2D eigenvalue weighted by atomic mass is 10.1. The summed E-state index contributed by atoms with van der Waals surface area (Å²) >= 11 is 0. The van der Waals surface area contributed by atoms with E-state index in [9.17, 15) is 9.59 Å². The summed E-state index contributed by atoms with van der Waals surface area (Å²) in [5.74, 6) is -0.196. The Balaban J connectivity index is 2.12. The molecule has 0 atom stereocenters. The van der Waals surface area contributed by atoms with Crippen LogP contribution in [0.2, 0.25) is 0 Å². The number of amides is 2. The number of rotatable bonds is 6. The quantitative estimate of drug-likeness (QED) is 0.633. The van der Waals surface area contributed by atoms with E-state index >= 15 is 0 Å². The van der Waals surface area contributed by atoms with Crippen molar-refractivity contribution in [2.45, 2.75) is 13.8 Å². The minimum absolute atomic E-state index is 0.192. The van der Waals surface area contributed by atoms with Crippen molar-refractivity contribution in [1.29, 1.82) is 0 Å². The molecule has 0 aliphatic heterocycles. The number of benzene rings is 2. The van der Waals surface area contributed by atoms with E-state index in [0.717, 1.165) is 5.56 Å². The van der Waals surface area contributed by atoms with Crippen molar-refractivity contribution >= 4 is 23.7 Å². The third-order valence-electron chi connectivity index (χ3n) is 3.03. The molecule has 0 spiro atoms. The fourth-order valence-corrected chi connectivity index (χ4v) is 2.03. The van der Waals surface area contributed by atoms with Gasteiger partial charge in [-0.15, -0.1) is 0 Å². The molecule has 24 heavy (non-hydrogen) atoms. The summed E-state index contributed by atoms with van der Waals surface area (Å²) in [7, 11) is 0. The Labute approximate surface area is 140 Å². The second-order valence-electron chi connectivity index (χ2n) is 4.93. The molecule has 0 aromatic heterocycles. The normalized spacial score (nSPS) is 10.4. The Kier molecular flexibility index (Phi) is 6.08. The standard InChI is InChI=1S/C18H19N3O3/c1-3-24-17-11-15(20-13(2)22)9-10-16(17)18(23)21-19-12-14-7-5-4-6-8-14/h4-12H,3H2,1-2H3,(H,20,22)(H,21,23)/b19-12-. The van der Waals surface area contributed by atoms with Crippen LogP contribution in [0.1, 0.15) is 29.8 Å². The van der Waals surface area contributed by atoms with Gasteiger partial charge >= 0.3 is 0 Å². The zero-order valence-corrected chi connectivity index (χ0v) is 13.6. The first-order chi connectivity index (χ1) is 11.6. The third kappa shape index (κ3) is 4.95. The van der Waals surface area contributed by atoms with Crippen LogP contribution in [0.3, 0.4) is 0 Å². The fraction of sp³-hybridized carbons (Fsp3) is 0.167. The number of hydrogen-bond donors (Lipinski definition) is 2. The van der Waals surface area contributed by atoms with E-state index in [1.165, 1.54) is 6.92 Å². The molecule has 0 unspecified atom stereocenters. The number of hydrazone groups is 1. The number of carbonyl (C=O) groups excluding carboxylic acids is 2. The van der Waals surface area contributed by atoms with E-state index in [0.29, 0.717) is 23.6 Å². The van der Waals surface area contributed by atoms with Gasteiger partial charge < -0.3 is 10.1 Å². The number of nitrogens with one attached hydrogen (secondary N) is 2. The van der Waals surface area contributed by atoms with E-state index in [2.05, 4.69) is 15.8 Å². The lowest BCUT2D eigenvalue weighted by molar-refractivity contribution is -0.114. The highest BCUT2D eigenvalue weighted by atomic mass is 16.5. The lowest BCUT2D eigenvalue weighted by Gasteiger charge is -2.11. The summed E-state index contributed by atoms with van der Waals surface area (Å²) in [6.07, 6.45) is 1.56. The van der Waals surface area contributed by atoms with Crippen LogP contribution >= 0.6 is 0 Å². The van der Waals surface area contributed by atoms with E-state index in [4.69, 9.17) is 4.74 Å². The fourth-order valence-electron chi connectivity index (χ4n) is 2.03. The van der Waals surface area contributed by atoms with E-state index in [-0.39, 0.29) is 11.8 Å². The molecule has 2 N–H and O–H groups in total. The highest BCUT2D eigenvalue weighted by Gasteiger charge is 2.13. The molecular formula is C18H19N3O3. The molecule has 124 valence electrons. The molecule has 0 aliphatic rings. The Hall–Kier alpha value is -3.15. The predicted molar refractivity (Wildman–Crippen MR) is 93.4 cm³/mol. The zero-order valence-electron chi connectivity index (χ0n) is 13.6. The Morgan fingerprint density at radius 3 is 2.58 bits per heavy atom. The number of anilines is 1. The van der Waals surface area contributed by atoms with Crippen LogP contribution in [-0.4, -0.2) is 24.6 Å². The summed E-state index contributed by atoms with van der Waals surface area (Å²) < 4.78 is 5.48. The number of hydrogen-bond acceptors (Lipinski definition) is 4. The second-order valence-corrected chi connectivity index (χ2v) is 4.93. The summed E-state index contributed by atoms with van der Waals surface area (Å²) in [4.78, 5) is 23.4. The van der Waals surface area contributed by atoms with Crippen molar-refractivity contribution in [2.75, 3.05) is 11.9 Å². The predicted octanol–water partition coefficient (Wildman–Crippen LogP) is 2.81. The zero-order chi connectivity index (χ0) is 17.4. The van der Waals surface area contributed by atoms with Gasteiger partial charge in [0.15, 0.2) is 0 Å². The first-order valence-electron chi connectivity index (χ1n) is 7.53. The average Bonchev–Trinajstić information content (AvgIpc) is 2.56. The lowest BCUT2D eigenvalue weighted by Crippen LogP contribution is -2.19. The monoisotopic (exact) mass is 325 g/mol. The summed E-state index contributed by atoms with van der Waals surface area (Å²) in [5, 5.41) is 6.59. The van der Waals surface area contributed by atoms with Gasteiger partial charge in [-0.3, -0.25) is 9.59 Å². The molecule has 6 heteroatoms. The molecule has 2 rings (SSSR count). The molecule has 2 aromatic carbocycles. The molecule has 0 aliphatic carbocycles. The van der Waals surface area contributed by atoms with Gasteiger partial charge in [0, 0.05) is 18.7 Å². The van der Waals surface area contributed by atoms with E-state index in [1.807, 2.05) is 37.3 Å². The third-order valence-corrected chi connectivity index (χ3v) is 3.03. The summed E-state index contributed by atoms with van der Waals surface area (Å²) in [5.41, 5.74) is 4.26. The topological polar surface area (TPSA) is 79.8 Å². The molecule has 0 heterocycles. The minimum atomic E-state index is -0.389. The van der Waals surface area contributed by atoms with Crippen molar-refractivity contribution in [2.24, 2.45) is 5.10 Å². The maximum atomic E-state index is 12.3. The number of ether oxygens (including phenoxy) is 1. The van der Waals surface area contributed by atoms with Gasteiger partial charge in [0.1, 0.15) is 5.75 Å². The van der Waals surface area contributed by atoms with Crippen molar-refractivity contribution < 1.29 is 14.3 Å². The van der Waals surface area contributed by atoms with Gasteiger partial charge in [-0.2, -0.15) is 5.10 Å². The van der Waals surface area contributed by atoms with Gasteiger partial charge in [0.05, 0.1) is 18.4 Å². The number of nitrogens with zero attached hydrogens (tertiary/aromatic N) is 1. The van der Waals surface area contributed by atoms with Gasteiger partial charge in [-0.1, -0.05) is 30.3 Å². The van der Waals surface area contributed by atoms with Crippen molar-refractivity contribution in [1.82, 2.24) is 5.43 Å². The average molecular weight is 325 g/mol. The van der Waals surface area contributed by atoms with Crippen LogP contribution in [-0.2, 0) is 4.79 Å². The van der Waals surface area contributed by atoms with Crippen molar-refractivity contribution in [3.8, 4) is 5.75 Å². The molecule has 6 nitrogen and oxygen atoms in total. The van der Waals surface area contributed by atoms with Crippen LogP contribution < -0.4 is 15.5 Å². The van der Waals surface area contributed by atoms with E-state index < -0.39 is 0 Å². The molecule has 0 saturated heterocycles. The molecule has 0 fully saturated rings. The maximum absolute atomic E-state index is 12.3. The smallest absolute Gasteiger partial charge is 0.275 e. The Morgan fingerprint density at radius 1 is 1.17 bits per heavy atom. The SMILES string of the molecule is CCOc1cc(NC(C)=O)ccc1C(=O)N/N=C\c1ccccc1. The second kappa shape index (κ2) is 8.47. The highest BCUT2D eigenvalue weighted by Crippen LogP contribution is 2.23. The van der Waals surface area contributed by atoms with Crippen LogP contribution in [0.5, 0.6) is 5.75 Å². The van der Waals surface area contributed by atoms with Gasteiger partial charge in [0.2, 0.25) is 5.91 Å². The highest BCUT2D eigenvalue weighted by molar-refractivity contribution is 5.98. The Morgan fingerprint density at radius 2 is 1.92 bits per heavy atom. The molecule has 0 saturated carbocycles. The minimum Gasteiger partial charge on any atom is -0.493 e. The summed E-state index contributed by atoms with van der Waals surface area (Å²) in [6, 6.07) is 14.3. The van der Waals surface area contributed by atoms with Gasteiger partial charge in [0.25, 0.3) is 5.91 Å². The largest absolute Gasteiger partial charge is 0.493 e. The van der Waals surface area contributed by atoms with Crippen molar-refractivity contribution in [3.63, 3.8) is 0 Å². The van der Waals surface area contributed by atoms with Crippen molar-refractivity contribution in [3.05, 3.63) is 59.7 Å². The van der Waals surface area contributed by atoms with E-state index in [1.54, 1.807) is 24.4 Å². The van der Waals surface area contributed by atoms with Gasteiger partial charge in [-0.05, 0) is 24.6 Å². The molecule has 2 aromatic rings. The number of carbonyl (C=O) groups is 2. The molecular weight excluding hydrogens is 306 g/mol. The van der Waals surface area contributed by atoms with Crippen LogP contribution in [0.25, 0.3) is 0 Å². The van der Waals surface area contributed by atoms with Crippen LogP contribution in [0.15, 0.2) is 53.6 Å².